The van der Waals surface area contributed by atoms with Gasteiger partial charge < -0.3 is 14.6 Å². The third-order valence-corrected chi connectivity index (χ3v) is 5.43. The molecule has 0 atom stereocenters. The van der Waals surface area contributed by atoms with Crippen LogP contribution < -0.4 is 9.64 Å². The normalized spacial score (nSPS) is 14.1. The molecule has 0 spiro atoms. The van der Waals surface area contributed by atoms with Crippen LogP contribution in [0.25, 0.3) is 27.7 Å². The second kappa shape index (κ2) is 7.59. The molecule has 7 heteroatoms. The minimum Gasteiger partial charge on any atom is -0.496 e. The van der Waals surface area contributed by atoms with Crippen LogP contribution in [-0.2, 0) is 0 Å². The maximum Gasteiger partial charge on any atom is 0.138 e. The summed E-state index contributed by atoms with van der Waals surface area (Å²) in [6.45, 7) is 1.65. The van der Waals surface area contributed by atoms with Crippen molar-refractivity contribution >= 4 is 22.4 Å². The number of halogens is 1. The summed E-state index contributed by atoms with van der Waals surface area (Å²) in [5.74, 6) is 1.26. The molecule has 1 aliphatic rings. The van der Waals surface area contributed by atoms with Gasteiger partial charge in [0.1, 0.15) is 29.4 Å². The second-order valence-electron chi connectivity index (χ2n) is 7.14. The molecule has 0 saturated heterocycles. The van der Waals surface area contributed by atoms with Crippen molar-refractivity contribution in [3.8, 4) is 16.9 Å². The number of rotatable bonds is 4. The molecular weight excluding hydrogens is 381 g/mol. The van der Waals surface area contributed by atoms with E-state index in [9.17, 15) is 4.39 Å². The number of nitrogens with zero attached hydrogens (tertiary/aromatic N) is 4. The van der Waals surface area contributed by atoms with E-state index >= 15 is 0 Å². The Morgan fingerprint density at radius 2 is 2.00 bits per heavy atom. The van der Waals surface area contributed by atoms with Gasteiger partial charge in [-0.3, -0.25) is 0 Å². The highest BCUT2D eigenvalue weighted by Crippen LogP contribution is 2.36. The molecule has 30 heavy (non-hydrogen) atoms. The van der Waals surface area contributed by atoms with E-state index in [1.807, 2.05) is 12.1 Å². The van der Waals surface area contributed by atoms with Crippen molar-refractivity contribution in [2.45, 2.75) is 6.42 Å². The van der Waals surface area contributed by atoms with Crippen molar-refractivity contribution in [3.05, 3.63) is 72.7 Å². The molecule has 1 aliphatic heterocycles. The van der Waals surface area contributed by atoms with Crippen LogP contribution in [0.4, 0.5) is 10.2 Å². The number of benzene rings is 1. The summed E-state index contributed by atoms with van der Waals surface area (Å²) in [4.78, 5) is 18.4. The number of hydrogen-bond donors (Lipinski definition) is 1. The van der Waals surface area contributed by atoms with Crippen LogP contribution in [0.3, 0.4) is 0 Å². The molecule has 0 fully saturated rings. The quantitative estimate of drug-likeness (QED) is 0.547. The van der Waals surface area contributed by atoms with Crippen LogP contribution in [0.5, 0.6) is 5.75 Å². The molecule has 4 aromatic rings. The summed E-state index contributed by atoms with van der Waals surface area (Å²) < 4.78 is 19.4. The fourth-order valence-electron chi connectivity index (χ4n) is 3.92. The molecule has 0 radical (unpaired) electrons. The smallest absolute Gasteiger partial charge is 0.138 e. The minimum absolute atomic E-state index is 0.300. The van der Waals surface area contributed by atoms with Crippen LogP contribution in [0.1, 0.15) is 12.1 Å². The SMILES string of the molecule is COc1ccc(F)cc1-c1ccnc2[nH]c(C3=CCN(c4ccncn4)CC3)cc12. The van der Waals surface area contributed by atoms with Crippen LogP contribution >= 0.6 is 0 Å². The third kappa shape index (κ3) is 3.28. The van der Waals surface area contributed by atoms with Crippen LogP contribution in [0, 0.1) is 5.82 Å². The molecular formula is C23H20FN5O. The standard InChI is InChI=1S/C23H20FN5O/c1-30-21-3-2-16(24)12-18(21)17-4-9-26-23-19(17)13-20(28-23)15-6-10-29(11-7-15)22-5-8-25-14-27-22/h2-6,8-9,12-14H,7,10-11H2,1H3,(H,26,28). The van der Waals surface area contributed by atoms with Gasteiger partial charge in [-0.15, -0.1) is 0 Å². The number of hydrogen-bond acceptors (Lipinski definition) is 5. The van der Waals surface area contributed by atoms with Gasteiger partial charge in [0, 0.05) is 42.1 Å². The van der Waals surface area contributed by atoms with Gasteiger partial charge in [0.2, 0.25) is 0 Å². The minimum atomic E-state index is -0.300. The summed E-state index contributed by atoms with van der Waals surface area (Å²) in [5, 5.41) is 0.940. The highest BCUT2D eigenvalue weighted by molar-refractivity contribution is 5.96. The van der Waals surface area contributed by atoms with Crippen molar-refractivity contribution in [2.24, 2.45) is 0 Å². The molecule has 5 rings (SSSR count). The number of ether oxygens (including phenoxy) is 1. The van der Waals surface area contributed by atoms with Gasteiger partial charge in [-0.05, 0) is 54.0 Å². The number of anilines is 1. The van der Waals surface area contributed by atoms with E-state index in [0.717, 1.165) is 47.6 Å². The van der Waals surface area contributed by atoms with Crippen molar-refractivity contribution in [2.75, 3.05) is 25.1 Å². The van der Waals surface area contributed by atoms with Crippen molar-refractivity contribution in [1.82, 2.24) is 19.9 Å². The van der Waals surface area contributed by atoms with Gasteiger partial charge in [-0.1, -0.05) is 6.08 Å². The Labute approximate surface area is 173 Å². The summed E-state index contributed by atoms with van der Waals surface area (Å²) in [6.07, 6.45) is 8.15. The lowest BCUT2D eigenvalue weighted by Gasteiger charge is -2.26. The molecule has 0 aliphatic carbocycles. The number of nitrogens with one attached hydrogen (secondary N) is 1. The van der Waals surface area contributed by atoms with Crippen molar-refractivity contribution in [3.63, 3.8) is 0 Å². The van der Waals surface area contributed by atoms with Crippen molar-refractivity contribution in [1.29, 1.82) is 0 Å². The van der Waals surface area contributed by atoms with Crippen LogP contribution in [0.2, 0.25) is 0 Å². The summed E-state index contributed by atoms with van der Waals surface area (Å²) in [5.41, 5.74) is 4.63. The average molecular weight is 401 g/mol. The lowest BCUT2D eigenvalue weighted by atomic mass is 10.0. The molecule has 3 aromatic heterocycles. The largest absolute Gasteiger partial charge is 0.496 e. The summed E-state index contributed by atoms with van der Waals surface area (Å²) in [6, 6.07) is 10.5. The van der Waals surface area contributed by atoms with Gasteiger partial charge in [-0.2, -0.15) is 0 Å². The predicted octanol–water partition coefficient (Wildman–Crippen LogP) is 4.46. The van der Waals surface area contributed by atoms with Crippen LogP contribution in [0.15, 0.2) is 61.2 Å². The molecule has 0 saturated carbocycles. The number of methoxy groups -OCH3 is 1. The van der Waals surface area contributed by atoms with Gasteiger partial charge in [-0.25, -0.2) is 19.3 Å². The Kier molecular flexibility index (Phi) is 4.63. The maximum absolute atomic E-state index is 13.9. The molecule has 150 valence electrons. The van der Waals surface area contributed by atoms with E-state index in [-0.39, 0.29) is 5.82 Å². The molecule has 0 bridgehead atoms. The zero-order chi connectivity index (χ0) is 20.5. The highest BCUT2D eigenvalue weighted by Gasteiger charge is 2.18. The lowest BCUT2D eigenvalue weighted by molar-refractivity contribution is 0.415. The van der Waals surface area contributed by atoms with Gasteiger partial charge in [0.05, 0.1) is 7.11 Å². The molecule has 1 aromatic carbocycles. The Bertz CT molecular complexity index is 1240. The van der Waals surface area contributed by atoms with E-state index in [1.54, 1.807) is 31.9 Å². The fraction of sp³-hybridized carbons (Fsp3) is 0.174. The monoisotopic (exact) mass is 401 g/mol. The van der Waals surface area contributed by atoms with E-state index in [2.05, 4.69) is 37.0 Å². The maximum atomic E-state index is 13.9. The molecule has 6 nitrogen and oxygen atoms in total. The first kappa shape index (κ1) is 18.3. The Morgan fingerprint density at radius 3 is 2.77 bits per heavy atom. The topological polar surface area (TPSA) is 66.9 Å². The predicted molar refractivity (Wildman–Crippen MR) is 115 cm³/mol. The lowest BCUT2D eigenvalue weighted by Crippen LogP contribution is -2.28. The van der Waals surface area contributed by atoms with E-state index < -0.39 is 0 Å². The highest BCUT2D eigenvalue weighted by atomic mass is 19.1. The molecule has 0 amide bonds. The fourth-order valence-corrected chi connectivity index (χ4v) is 3.92. The second-order valence-corrected chi connectivity index (χ2v) is 7.14. The molecule has 1 N–H and O–H groups in total. The Balaban J connectivity index is 1.51. The zero-order valence-corrected chi connectivity index (χ0v) is 16.5. The van der Waals surface area contributed by atoms with Gasteiger partial charge >= 0.3 is 0 Å². The first-order valence-corrected chi connectivity index (χ1v) is 9.75. The van der Waals surface area contributed by atoms with Crippen LogP contribution in [-0.4, -0.2) is 40.1 Å². The molecule has 0 unspecified atom stereocenters. The first-order chi connectivity index (χ1) is 14.7. The van der Waals surface area contributed by atoms with E-state index in [0.29, 0.717) is 11.3 Å². The van der Waals surface area contributed by atoms with E-state index in [1.165, 1.54) is 17.7 Å². The average Bonchev–Trinajstić information content (AvgIpc) is 3.24. The zero-order valence-electron chi connectivity index (χ0n) is 16.5. The van der Waals surface area contributed by atoms with Gasteiger partial charge in [0.25, 0.3) is 0 Å². The number of aromatic amines is 1. The first-order valence-electron chi connectivity index (χ1n) is 9.75. The number of fused-ring (bicyclic) bond motifs is 1. The summed E-state index contributed by atoms with van der Waals surface area (Å²) >= 11 is 0. The number of H-pyrrole nitrogens is 1. The Morgan fingerprint density at radius 1 is 1.07 bits per heavy atom. The number of aromatic nitrogens is 4. The summed E-state index contributed by atoms with van der Waals surface area (Å²) in [7, 11) is 1.59. The molecule has 4 heterocycles. The van der Waals surface area contributed by atoms with Crippen molar-refractivity contribution < 1.29 is 9.13 Å². The third-order valence-electron chi connectivity index (χ3n) is 5.43. The number of pyridine rings is 1. The Hall–Kier alpha value is -3.74. The van der Waals surface area contributed by atoms with Gasteiger partial charge in [0.15, 0.2) is 0 Å². The van der Waals surface area contributed by atoms with E-state index in [4.69, 9.17) is 4.74 Å².